The molecule has 64 heavy (non-hydrogen) atoms. The molecule has 0 saturated carbocycles. The zero-order chi connectivity index (χ0) is 46.9. The number of aliphatic hydroxyl groups is 3. The van der Waals surface area contributed by atoms with Crippen molar-refractivity contribution in [2.24, 2.45) is 0 Å². The molecule has 0 aromatic heterocycles. The number of esters is 2. The van der Waals surface area contributed by atoms with Crippen LogP contribution in [0.25, 0.3) is 0 Å². The van der Waals surface area contributed by atoms with Crippen LogP contribution in [0.4, 0.5) is 0 Å². The van der Waals surface area contributed by atoms with E-state index in [0.717, 1.165) is 70.6 Å². The predicted octanol–water partition coefficient (Wildman–Crippen LogP) is 11.1. The van der Waals surface area contributed by atoms with Crippen molar-refractivity contribution in [3.63, 3.8) is 0 Å². The molecule has 0 radical (unpaired) electrons. The third-order valence-electron chi connectivity index (χ3n) is 11.4. The summed E-state index contributed by atoms with van der Waals surface area (Å²) in [7, 11) is -4.61. The van der Waals surface area contributed by atoms with Gasteiger partial charge in [0, 0.05) is 12.8 Å². The summed E-state index contributed by atoms with van der Waals surface area (Å²) in [5.41, 5.74) is 0. The van der Waals surface area contributed by atoms with Crippen LogP contribution >= 0.6 is 0 Å². The lowest BCUT2D eigenvalue weighted by molar-refractivity contribution is -0.297. The zero-order valence-electron chi connectivity index (χ0n) is 39.9. The first-order valence-corrected chi connectivity index (χ1v) is 26.8. The van der Waals surface area contributed by atoms with Crippen molar-refractivity contribution >= 4 is 22.1 Å². The van der Waals surface area contributed by atoms with Crippen LogP contribution in [0.1, 0.15) is 206 Å². The monoisotopic (exact) mass is 927 g/mol. The fraction of sp³-hybridized carbons (Fsp3) is 0.804. The maximum absolute atomic E-state index is 12.9. The van der Waals surface area contributed by atoms with Crippen molar-refractivity contribution < 1.29 is 56.8 Å². The molecule has 1 saturated heterocycles. The second-order valence-corrected chi connectivity index (χ2v) is 19.0. The minimum Gasteiger partial charge on any atom is -0.462 e. The van der Waals surface area contributed by atoms with Crippen LogP contribution in [0, 0.1) is 0 Å². The molecule has 4 N–H and O–H groups in total. The van der Waals surface area contributed by atoms with Gasteiger partial charge in [0.25, 0.3) is 10.1 Å². The molecule has 0 aromatic rings. The standard InChI is InChI=1S/C51H90O12S/c1-3-5-7-9-11-13-15-17-19-21-22-24-26-28-30-32-34-36-38-40-47(53)62-44(42-61-51-50(56)49(55)48(54)45(63-51)43-64(57,58)59)41-60-46(52)39-37-35-33-31-29-27-25-23-20-18-16-14-12-10-8-6-4-2/h12,14,17-20,25,27,44-45,48-51,54-56H,3-11,13,15-16,21-24,26,28-43H2,1-2H3,(H,57,58,59)/b14-12+,19-17+,20-18+,27-25+/t44-,45-,48-,49?,50?,51+/m1/s1. The molecule has 1 aliphatic rings. The Bertz CT molecular complexity index is 1360. The maximum atomic E-state index is 12.9. The van der Waals surface area contributed by atoms with Crippen LogP contribution < -0.4 is 0 Å². The Kier molecular flexibility index (Phi) is 38.1. The summed E-state index contributed by atoms with van der Waals surface area (Å²) in [6.45, 7) is 3.72. The Morgan fingerprint density at radius 2 is 0.938 bits per heavy atom. The van der Waals surface area contributed by atoms with Gasteiger partial charge in [0.05, 0.1) is 6.61 Å². The van der Waals surface area contributed by atoms with Crippen LogP contribution in [0.2, 0.25) is 0 Å². The Hall–Kier alpha value is -2.39. The molecule has 13 heteroatoms. The zero-order valence-corrected chi connectivity index (χ0v) is 40.7. The topological polar surface area (TPSA) is 186 Å². The van der Waals surface area contributed by atoms with Crippen LogP contribution in [0.15, 0.2) is 48.6 Å². The number of unbranched alkanes of at least 4 members (excludes halogenated alkanes) is 22. The second-order valence-electron chi connectivity index (χ2n) is 17.5. The highest BCUT2D eigenvalue weighted by atomic mass is 32.2. The summed E-state index contributed by atoms with van der Waals surface area (Å²) >= 11 is 0. The number of allylic oxidation sites excluding steroid dienone is 8. The molecule has 0 spiro atoms. The van der Waals surface area contributed by atoms with Gasteiger partial charge >= 0.3 is 11.9 Å². The first kappa shape index (κ1) is 59.6. The van der Waals surface area contributed by atoms with Gasteiger partial charge in [-0.1, -0.05) is 165 Å². The molecule has 6 atom stereocenters. The first-order valence-electron chi connectivity index (χ1n) is 25.2. The molecule has 372 valence electrons. The Labute approximate surface area is 388 Å². The number of rotatable bonds is 42. The molecule has 1 fully saturated rings. The summed E-state index contributed by atoms with van der Waals surface area (Å²) in [5, 5.41) is 31.0. The van der Waals surface area contributed by atoms with Gasteiger partial charge in [-0.2, -0.15) is 8.42 Å². The van der Waals surface area contributed by atoms with E-state index in [4.69, 9.17) is 18.9 Å². The van der Waals surface area contributed by atoms with E-state index in [0.29, 0.717) is 12.8 Å². The van der Waals surface area contributed by atoms with Crippen molar-refractivity contribution in [1.82, 2.24) is 0 Å². The highest BCUT2D eigenvalue weighted by molar-refractivity contribution is 7.85. The quantitative estimate of drug-likeness (QED) is 0.0197. The highest BCUT2D eigenvalue weighted by Gasteiger charge is 2.46. The Morgan fingerprint density at radius 3 is 1.44 bits per heavy atom. The maximum Gasteiger partial charge on any atom is 0.306 e. The number of hydrogen-bond donors (Lipinski definition) is 4. The van der Waals surface area contributed by atoms with E-state index in [1.165, 1.54) is 96.3 Å². The molecule has 0 amide bonds. The number of carbonyl (C=O) groups excluding carboxylic acids is 2. The van der Waals surface area contributed by atoms with Crippen LogP contribution in [-0.4, -0.2) is 96.0 Å². The average Bonchev–Trinajstić information content (AvgIpc) is 3.26. The summed E-state index contributed by atoms with van der Waals surface area (Å²) in [4.78, 5) is 25.5. The van der Waals surface area contributed by atoms with Gasteiger partial charge in [-0.3, -0.25) is 14.1 Å². The smallest absolute Gasteiger partial charge is 0.306 e. The molecular weight excluding hydrogens is 837 g/mol. The molecule has 2 unspecified atom stereocenters. The number of hydrogen-bond acceptors (Lipinski definition) is 11. The summed E-state index contributed by atoms with van der Waals surface area (Å²) in [6.07, 6.45) is 40.0. The average molecular weight is 927 g/mol. The van der Waals surface area contributed by atoms with Gasteiger partial charge in [-0.25, -0.2) is 0 Å². The van der Waals surface area contributed by atoms with Gasteiger partial charge < -0.3 is 34.3 Å². The van der Waals surface area contributed by atoms with Gasteiger partial charge in [-0.05, 0) is 77.0 Å². The van der Waals surface area contributed by atoms with E-state index in [9.17, 15) is 37.9 Å². The SMILES string of the molecule is CCCCC/C=C/C/C=C/C/C=C/CCCCCCC(=O)OC[C@H](CO[C@H]1O[C@H](CS(=O)(=O)O)[C@@H](O)C(O)C1O)OC(=O)CCCCCCCCCCC/C=C/CCCCCCCC. The molecule has 0 aliphatic carbocycles. The largest absolute Gasteiger partial charge is 0.462 e. The molecule has 0 aromatic carbocycles. The lowest BCUT2D eigenvalue weighted by atomic mass is 10.00. The number of carbonyl (C=O) groups is 2. The van der Waals surface area contributed by atoms with Crippen LogP contribution in [0.5, 0.6) is 0 Å². The van der Waals surface area contributed by atoms with Crippen molar-refractivity contribution in [3.05, 3.63) is 48.6 Å². The van der Waals surface area contributed by atoms with Crippen LogP contribution in [-0.2, 0) is 38.7 Å². The minimum atomic E-state index is -4.61. The van der Waals surface area contributed by atoms with E-state index >= 15 is 0 Å². The van der Waals surface area contributed by atoms with E-state index in [1.807, 2.05) is 0 Å². The third kappa shape index (κ3) is 34.9. The molecule has 1 heterocycles. The fourth-order valence-electron chi connectivity index (χ4n) is 7.44. The first-order chi connectivity index (χ1) is 31.0. The minimum absolute atomic E-state index is 0.156. The van der Waals surface area contributed by atoms with E-state index in [2.05, 4.69) is 62.5 Å². The Morgan fingerprint density at radius 1 is 0.531 bits per heavy atom. The van der Waals surface area contributed by atoms with E-state index in [1.54, 1.807) is 0 Å². The van der Waals surface area contributed by atoms with E-state index in [-0.39, 0.29) is 19.4 Å². The predicted molar refractivity (Wildman–Crippen MR) is 256 cm³/mol. The van der Waals surface area contributed by atoms with Crippen molar-refractivity contribution in [3.8, 4) is 0 Å². The molecule has 1 aliphatic heterocycles. The van der Waals surface area contributed by atoms with Crippen molar-refractivity contribution in [1.29, 1.82) is 0 Å². The Balaban J connectivity index is 2.41. The van der Waals surface area contributed by atoms with Crippen molar-refractivity contribution in [2.45, 2.75) is 243 Å². The lowest BCUT2D eigenvalue weighted by Gasteiger charge is -2.40. The normalized spacial score (nSPS) is 20.0. The van der Waals surface area contributed by atoms with Gasteiger partial charge in [0.2, 0.25) is 0 Å². The highest BCUT2D eigenvalue weighted by Crippen LogP contribution is 2.24. The molecule has 1 rings (SSSR count). The number of ether oxygens (including phenoxy) is 4. The lowest BCUT2D eigenvalue weighted by Crippen LogP contribution is -2.60. The van der Waals surface area contributed by atoms with Gasteiger partial charge in [-0.15, -0.1) is 0 Å². The number of aliphatic hydroxyl groups excluding tert-OH is 3. The summed E-state index contributed by atoms with van der Waals surface area (Å²) in [6, 6.07) is 0. The summed E-state index contributed by atoms with van der Waals surface area (Å²) in [5.74, 6) is -2.01. The molecular formula is C51H90O12S. The molecule has 12 nitrogen and oxygen atoms in total. The summed E-state index contributed by atoms with van der Waals surface area (Å²) < 4.78 is 54.2. The molecule has 0 bridgehead atoms. The van der Waals surface area contributed by atoms with Gasteiger partial charge in [0.15, 0.2) is 12.4 Å². The van der Waals surface area contributed by atoms with E-state index < -0.39 is 71.2 Å². The fourth-order valence-corrected chi connectivity index (χ4v) is 8.13. The van der Waals surface area contributed by atoms with Gasteiger partial charge in [0.1, 0.15) is 36.8 Å². The van der Waals surface area contributed by atoms with Crippen molar-refractivity contribution in [2.75, 3.05) is 19.0 Å². The van der Waals surface area contributed by atoms with Crippen LogP contribution in [0.3, 0.4) is 0 Å². The second kappa shape index (κ2) is 40.8. The third-order valence-corrected chi connectivity index (χ3v) is 12.1.